The van der Waals surface area contributed by atoms with E-state index in [0.29, 0.717) is 5.56 Å². The molecule has 4 rings (SSSR count). The zero-order chi connectivity index (χ0) is 21.1. The van der Waals surface area contributed by atoms with Gasteiger partial charge < -0.3 is 11.1 Å². The van der Waals surface area contributed by atoms with Crippen LogP contribution in [0.15, 0.2) is 66.7 Å². The Kier molecular flexibility index (Phi) is 5.10. The number of aromatic nitrogens is 3. The third-order valence-corrected chi connectivity index (χ3v) is 4.61. The van der Waals surface area contributed by atoms with Gasteiger partial charge in [0.1, 0.15) is 0 Å². The second-order valence-corrected chi connectivity index (χ2v) is 6.54. The van der Waals surface area contributed by atoms with Gasteiger partial charge in [-0.1, -0.05) is 48.5 Å². The fourth-order valence-corrected chi connectivity index (χ4v) is 3.07. The molecule has 0 unspecified atom stereocenters. The molecule has 2 amide bonds. The van der Waals surface area contributed by atoms with Crippen molar-refractivity contribution in [2.45, 2.75) is 6.54 Å². The summed E-state index contributed by atoms with van der Waals surface area (Å²) in [5, 5.41) is 21.8. The van der Waals surface area contributed by atoms with Crippen LogP contribution in [0.1, 0.15) is 26.4 Å². The lowest BCUT2D eigenvalue weighted by Crippen LogP contribution is -2.24. The van der Waals surface area contributed by atoms with Gasteiger partial charge in [0.25, 0.3) is 11.8 Å². The van der Waals surface area contributed by atoms with E-state index in [0.717, 1.165) is 22.0 Å². The van der Waals surface area contributed by atoms with Crippen molar-refractivity contribution >= 4 is 28.4 Å². The number of fused-ring (bicyclic) bond motifs is 1. The number of benzene rings is 3. The average molecular weight is 402 g/mol. The molecule has 150 valence electrons. The number of amides is 2. The molecule has 30 heavy (non-hydrogen) atoms. The van der Waals surface area contributed by atoms with Crippen LogP contribution in [-0.2, 0) is 6.54 Å². The van der Waals surface area contributed by atoms with Gasteiger partial charge in [0.05, 0.1) is 5.69 Å². The molecule has 0 bridgehead atoms. The van der Waals surface area contributed by atoms with Crippen LogP contribution in [0.5, 0.6) is 0 Å². The summed E-state index contributed by atoms with van der Waals surface area (Å²) in [6, 6.07) is 19.9. The Morgan fingerprint density at radius 3 is 2.43 bits per heavy atom. The highest BCUT2D eigenvalue weighted by Gasteiger charge is 2.18. The Bertz CT molecular complexity index is 1230. The molecule has 1 heterocycles. The summed E-state index contributed by atoms with van der Waals surface area (Å²) in [6.07, 6.45) is 0. The second kappa shape index (κ2) is 8.02. The summed E-state index contributed by atoms with van der Waals surface area (Å²) in [4.78, 5) is 25.3. The first-order valence-electron chi connectivity index (χ1n) is 9.09. The van der Waals surface area contributed by atoms with E-state index in [9.17, 15) is 9.59 Å². The van der Waals surface area contributed by atoms with Crippen LogP contribution in [0.25, 0.3) is 16.5 Å². The smallest absolute Gasteiger partial charge is 0.275 e. The Balaban J connectivity index is 1.52. The number of nitrogens with two attached hydrogens (primary N) is 1. The number of nitrogens with zero attached hydrogens (tertiary/aromatic N) is 3. The fourth-order valence-electron chi connectivity index (χ4n) is 3.07. The van der Waals surface area contributed by atoms with Crippen LogP contribution in [-0.4, -0.2) is 32.0 Å². The van der Waals surface area contributed by atoms with Gasteiger partial charge in [-0.25, -0.2) is 5.48 Å². The molecule has 0 saturated heterocycles. The molecule has 0 aliphatic carbocycles. The molecule has 9 heteroatoms. The Labute approximate surface area is 171 Å². The van der Waals surface area contributed by atoms with Crippen LogP contribution in [0.4, 0.5) is 5.82 Å². The van der Waals surface area contributed by atoms with Crippen molar-refractivity contribution in [1.82, 2.24) is 25.8 Å². The predicted molar refractivity (Wildman–Crippen MR) is 110 cm³/mol. The normalized spacial score (nSPS) is 10.7. The Hall–Kier alpha value is -4.24. The van der Waals surface area contributed by atoms with E-state index in [1.54, 1.807) is 17.6 Å². The van der Waals surface area contributed by atoms with Crippen molar-refractivity contribution in [3.8, 4) is 5.69 Å². The van der Waals surface area contributed by atoms with E-state index < -0.39 is 11.8 Å². The molecule has 0 atom stereocenters. The zero-order valence-corrected chi connectivity index (χ0v) is 15.7. The van der Waals surface area contributed by atoms with Crippen LogP contribution in [0.3, 0.4) is 0 Å². The lowest BCUT2D eigenvalue weighted by atomic mass is 10.1. The molecule has 0 aliphatic rings. The molecule has 1 aromatic heterocycles. The minimum absolute atomic E-state index is 0.0235. The number of anilines is 1. The maximum Gasteiger partial charge on any atom is 0.275 e. The number of hydrogen-bond acceptors (Lipinski definition) is 6. The molecule has 9 nitrogen and oxygen atoms in total. The maximum atomic E-state index is 12.6. The van der Waals surface area contributed by atoms with Gasteiger partial charge in [-0.3, -0.25) is 14.8 Å². The number of nitrogens with one attached hydrogen (secondary N) is 2. The predicted octanol–water partition coefficient (Wildman–Crippen LogP) is 2.05. The van der Waals surface area contributed by atoms with Gasteiger partial charge in [-0.05, 0) is 29.1 Å². The van der Waals surface area contributed by atoms with E-state index in [4.69, 9.17) is 10.9 Å². The van der Waals surface area contributed by atoms with Crippen molar-refractivity contribution in [2.24, 2.45) is 0 Å². The quantitative estimate of drug-likeness (QED) is 0.298. The molecule has 0 spiro atoms. The lowest BCUT2D eigenvalue weighted by molar-refractivity contribution is 0.0706. The van der Waals surface area contributed by atoms with Crippen molar-refractivity contribution in [1.29, 1.82) is 0 Å². The van der Waals surface area contributed by atoms with Crippen molar-refractivity contribution < 1.29 is 14.8 Å². The monoisotopic (exact) mass is 402 g/mol. The van der Waals surface area contributed by atoms with Crippen molar-refractivity contribution in [3.05, 3.63) is 83.6 Å². The number of nitrogen functional groups attached to an aromatic ring is 1. The third kappa shape index (κ3) is 3.69. The molecule has 0 radical (unpaired) electrons. The Morgan fingerprint density at radius 1 is 0.933 bits per heavy atom. The van der Waals surface area contributed by atoms with E-state index in [2.05, 4.69) is 15.5 Å². The summed E-state index contributed by atoms with van der Waals surface area (Å²) in [7, 11) is 0. The Morgan fingerprint density at radius 2 is 1.67 bits per heavy atom. The fraction of sp³-hybridized carbons (Fsp3) is 0.0476. The minimum atomic E-state index is -0.608. The minimum Gasteiger partial charge on any atom is -0.380 e. The first kappa shape index (κ1) is 19.1. The summed E-state index contributed by atoms with van der Waals surface area (Å²) in [5.74, 6) is -1.05. The molecular weight excluding hydrogens is 384 g/mol. The van der Waals surface area contributed by atoms with Gasteiger partial charge in [0.15, 0.2) is 11.5 Å². The molecule has 3 aromatic carbocycles. The maximum absolute atomic E-state index is 12.6. The van der Waals surface area contributed by atoms with Gasteiger partial charge in [0, 0.05) is 17.5 Å². The molecule has 0 aliphatic heterocycles. The molecule has 4 aromatic rings. The van der Waals surface area contributed by atoms with E-state index in [-0.39, 0.29) is 18.1 Å². The molecule has 5 N–H and O–H groups in total. The number of rotatable bonds is 5. The van der Waals surface area contributed by atoms with Gasteiger partial charge in [0.2, 0.25) is 0 Å². The summed E-state index contributed by atoms with van der Waals surface area (Å²) >= 11 is 0. The highest BCUT2D eigenvalue weighted by atomic mass is 16.5. The highest BCUT2D eigenvalue weighted by molar-refractivity contribution is 5.96. The largest absolute Gasteiger partial charge is 0.380 e. The highest BCUT2D eigenvalue weighted by Crippen LogP contribution is 2.22. The summed E-state index contributed by atoms with van der Waals surface area (Å²) < 4.78 is 0. The number of hydrogen-bond donors (Lipinski definition) is 4. The van der Waals surface area contributed by atoms with Crippen LogP contribution >= 0.6 is 0 Å². The SMILES string of the molecule is Nc1nn(-c2cccc3ccccc23)nc1C(=O)NCc1ccc(C(=O)NO)cc1. The first-order valence-corrected chi connectivity index (χ1v) is 9.09. The first-order chi connectivity index (χ1) is 14.6. The van der Waals surface area contributed by atoms with Crippen molar-refractivity contribution in [2.75, 3.05) is 5.73 Å². The van der Waals surface area contributed by atoms with E-state index in [1.807, 2.05) is 42.5 Å². The van der Waals surface area contributed by atoms with Gasteiger partial charge in [-0.2, -0.15) is 0 Å². The second-order valence-electron chi connectivity index (χ2n) is 6.54. The van der Waals surface area contributed by atoms with Gasteiger partial charge >= 0.3 is 0 Å². The molecule has 0 fully saturated rings. The molecule has 0 saturated carbocycles. The summed E-state index contributed by atoms with van der Waals surface area (Å²) in [6.45, 7) is 0.209. The number of carbonyl (C=O) groups is 2. The van der Waals surface area contributed by atoms with Crippen molar-refractivity contribution in [3.63, 3.8) is 0 Å². The standard InChI is InChI=1S/C21H18N6O3/c22-19-18(21(29)23-12-13-8-10-15(11-9-13)20(28)26-30)24-27(25-19)17-7-3-5-14-4-1-2-6-16(14)17/h1-11,30H,12H2,(H2,22,25)(H,23,29)(H,26,28). The van der Waals surface area contributed by atoms with Crippen LogP contribution in [0.2, 0.25) is 0 Å². The van der Waals surface area contributed by atoms with Crippen LogP contribution in [0, 0.1) is 0 Å². The zero-order valence-electron chi connectivity index (χ0n) is 15.7. The lowest BCUT2D eigenvalue weighted by Gasteiger charge is -2.05. The summed E-state index contributed by atoms with van der Waals surface area (Å²) in [5.41, 5.74) is 9.31. The van der Waals surface area contributed by atoms with E-state index in [1.165, 1.54) is 16.9 Å². The number of hydroxylamine groups is 1. The topological polar surface area (TPSA) is 135 Å². The third-order valence-electron chi connectivity index (χ3n) is 4.61. The van der Waals surface area contributed by atoms with Crippen LogP contribution < -0.4 is 16.5 Å². The van der Waals surface area contributed by atoms with Gasteiger partial charge in [-0.15, -0.1) is 15.0 Å². The van der Waals surface area contributed by atoms with E-state index >= 15 is 0 Å². The molecular formula is C21H18N6O3. The number of carbonyl (C=O) groups excluding carboxylic acids is 2. The average Bonchev–Trinajstić information content (AvgIpc) is 3.18.